The molecule has 112 valence electrons. The van der Waals surface area contributed by atoms with Gasteiger partial charge in [-0.1, -0.05) is 6.07 Å². The second kappa shape index (κ2) is 6.04. The molecule has 1 fully saturated rings. The minimum atomic E-state index is -4.34. The predicted molar refractivity (Wildman–Crippen MR) is 69.9 cm³/mol. The summed E-state index contributed by atoms with van der Waals surface area (Å²) in [6.45, 7) is 1.46. The van der Waals surface area contributed by atoms with E-state index in [4.69, 9.17) is 9.47 Å². The summed E-state index contributed by atoms with van der Waals surface area (Å²) in [5.41, 5.74) is -0.463. The van der Waals surface area contributed by atoms with Crippen LogP contribution in [0.3, 0.4) is 0 Å². The van der Waals surface area contributed by atoms with Crippen LogP contribution in [0.1, 0.15) is 36.8 Å². The van der Waals surface area contributed by atoms with Gasteiger partial charge in [0.05, 0.1) is 17.8 Å². The zero-order chi connectivity index (χ0) is 14.8. The number of hydrogen-bond donors (Lipinski definition) is 0. The van der Waals surface area contributed by atoms with Crippen LogP contribution < -0.4 is 4.74 Å². The molecule has 0 aromatic heterocycles. The van der Waals surface area contributed by atoms with Gasteiger partial charge in [0.2, 0.25) is 0 Å². The monoisotopic (exact) mass is 288 g/mol. The third-order valence-corrected chi connectivity index (χ3v) is 3.84. The maximum absolute atomic E-state index is 12.8. The van der Waals surface area contributed by atoms with Crippen molar-refractivity contribution in [3.63, 3.8) is 0 Å². The molecule has 0 amide bonds. The number of ether oxygens (including phenoxy) is 2. The number of benzene rings is 1. The highest BCUT2D eigenvalue weighted by Gasteiger charge is 2.33. The van der Waals surface area contributed by atoms with Crippen LogP contribution in [-0.4, -0.2) is 19.3 Å². The highest BCUT2D eigenvalue weighted by Crippen LogP contribution is 2.36. The van der Waals surface area contributed by atoms with E-state index in [1.54, 1.807) is 13.2 Å². The van der Waals surface area contributed by atoms with Gasteiger partial charge in [-0.05, 0) is 44.7 Å². The van der Waals surface area contributed by atoms with E-state index in [-0.39, 0.29) is 17.8 Å². The standard InChI is InChI=1S/C15H19F3O2/c1-10-13(15(16,17)18)4-3-5-14(10)20-12-8-6-11(19-2)7-9-12/h3-5,11-12H,6-9H2,1-2H3. The van der Waals surface area contributed by atoms with E-state index in [2.05, 4.69) is 0 Å². The molecule has 0 radical (unpaired) electrons. The van der Waals surface area contributed by atoms with Crippen molar-refractivity contribution < 1.29 is 22.6 Å². The topological polar surface area (TPSA) is 18.5 Å². The lowest BCUT2D eigenvalue weighted by Crippen LogP contribution is -2.28. The van der Waals surface area contributed by atoms with Crippen molar-refractivity contribution in [1.29, 1.82) is 0 Å². The Bertz CT molecular complexity index is 449. The summed E-state index contributed by atoms with van der Waals surface area (Å²) < 4.78 is 49.5. The zero-order valence-electron chi connectivity index (χ0n) is 11.7. The van der Waals surface area contributed by atoms with Gasteiger partial charge in [0.25, 0.3) is 0 Å². The van der Waals surface area contributed by atoms with Gasteiger partial charge in [-0.2, -0.15) is 13.2 Å². The van der Waals surface area contributed by atoms with E-state index in [9.17, 15) is 13.2 Å². The minimum Gasteiger partial charge on any atom is -0.490 e. The number of methoxy groups -OCH3 is 1. The number of alkyl halides is 3. The molecule has 1 aromatic rings. The van der Waals surface area contributed by atoms with E-state index in [0.29, 0.717) is 5.75 Å². The third kappa shape index (κ3) is 3.45. The van der Waals surface area contributed by atoms with Crippen LogP contribution >= 0.6 is 0 Å². The van der Waals surface area contributed by atoms with Gasteiger partial charge in [-0.3, -0.25) is 0 Å². The van der Waals surface area contributed by atoms with Crippen molar-refractivity contribution in [3.8, 4) is 5.75 Å². The fourth-order valence-corrected chi connectivity index (χ4v) is 2.61. The van der Waals surface area contributed by atoms with Crippen molar-refractivity contribution in [2.75, 3.05) is 7.11 Å². The zero-order valence-corrected chi connectivity index (χ0v) is 11.7. The molecule has 1 saturated carbocycles. The highest BCUT2D eigenvalue weighted by atomic mass is 19.4. The fourth-order valence-electron chi connectivity index (χ4n) is 2.61. The Hall–Kier alpha value is -1.23. The maximum atomic E-state index is 12.8. The van der Waals surface area contributed by atoms with Gasteiger partial charge < -0.3 is 9.47 Å². The van der Waals surface area contributed by atoms with E-state index in [1.807, 2.05) is 0 Å². The third-order valence-electron chi connectivity index (χ3n) is 3.84. The molecule has 0 N–H and O–H groups in total. The van der Waals surface area contributed by atoms with Crippen LogP contribution in [0.25, 0.3) is 0 Å². The molecule has 0 aliphatic heterocycles. The van der Waals surface area contributed by atoms with Crippen molar-refractivity contribution in [1.82, 2.24) is 0 Å². The predicted octanol–water partition coefficient (Wildman–Crippen LogP) is 4.35. The van der Waals surface area contributed by atoms with Gasteiger partial charge in [0, 0.05) is 12.7 Å². The van der Waals surface area contributed by atoms with E-state index < -0.39 is 11.7 Å². The Morgan fingerprint density at radius 1 is 1.05 bits per heavy atom. The Morgan fingerprint density at radius 2 is 1.65 bits per heavy atom. The lowest BCUT2D eigenvalue weighted by molar-refractivity contribution is -0.138. The molecule has 1 aromatic carbocycles. The molecule has 1 aliphatic rings. The Kier molecular flexibility index (Phi) is 4.58. The van der Waals surface area contributed by atoms with Gasteiger partial charge in [-0.25, -0.2) is 0 Å². The first kappa shape index (κ1) is 15.2. The van der Waals surface area contributed by atoms with Gasteiger partial charge in [0.15, 0.2) is 0 Å². The first-order chi connectivity index (χ1) is 9.41. The smallest absolute Gasteiger partial charge is 0.416 e. The second-order valence-corrected chi connectivity index (χ2v) is 5.18. The fraction of sp³-hybridized carbons (Fsp3) is 0.600. The molecule has 2 nitrogen and oxygen atoms in total. The lowest BCUT2D eigenvalue weighted by Gasteiger charge is -2.29. The molecule has 0 heterocycles. The van der Waals surface area contributed by atoms with Gasteiger partial charge in [0.1, 0.15) is 5.75 Å². The molecule has 2 rings (SSSR count). The summed E-state index contributed by atoms with van der Waals surface area (Å²) in [6, 6.07) is 4.09. The molecule has 0 atom stereocenters. The average Bonchev–Trinajstić information content (AvgIpc) is 2.40. The summed E-state index contributed by atoms with van der Waals surface area (Å²) in [7, 11) is 1.68. The highest BCUT2D eigenvalue weighted by molar-refractivity contribution is 5.40. The molecular formula is C15H19F3O2. The molecule has 20 heavy (non-hydrogen) atoms. The largest absolute Gasteiger partial charge is 0.490 e. The van der Waals surface area contributed by atoms with E-state index in [1.165, 1.54) is 13.0 Å². The van der Waals surface area contributed by atoms with E-state index in [0.717, 1.165) is 31.7 Å². The summed E-state index contributed by atoms with van der Waals surface area (Å²) >= 11 is 0. The number of halogens is 3. The van der Waals surface area contributed by atoms with Gasteiger partial charge >= 0.3 is 6.18 Å². The van der Waals surface area contributed by atoms with Crippen molar-refractivity contribution in [2.24, 2.45) is 0 Å². The Morgan fingerprint density at radius 3 is 2.20 bits per heavy atom. The van der Waals surface area contributed by atoms with Crippen molar-refractivity contribution >= 4 is 0 Å². The SMILES string of the molecule is COC1CCC(Oc2cccc(C(F)(F)F)c2C)CC1. The first-order valence-corrected chi connectivity index (χ1v) is 6.78. The molecular weight excluding hydrogens is 269 g/mol. The van der Waals surface area contributed by atoms with Crippen molar-refractivity contribution in [2.45, 2.75) is 51.0 Å². The summed E-state index contributed by atoms with van der Waals surface area (Å²) in [4.78, 5) is 0. The van der Waals surface area contributed by atoms with Gasteiger partial charge in [-0.15, -0.1) is 0 Å². The molecule has 0 bridgehead atoms. The lowest BCUT2D eigenvalue weighted by atomic mass is 9.95. The number of rotatable bonds is 3. The Balaban J connectivity index is 2.07. The van der Waals surface area contributed by atoms with Crippen LogP contribution in [0.15, 0.2) is 18.2 Å². The van der Waals surface area contributed by atoms with Crippen LogP contribution in [-0.2, 0) is 10.9 Å². The Labute approximate surface area is 116 Å². The average molecular weight is 288 g/mol. The normalized spacial score (nSPS) is 23.6. The summed E-state index contributed by atoms with van der Waals surface area (Å²) in [6.07, 6.45) is -0.709. The molecule has 1 aliphatic carbocycles. The molecule has 0 unspecified atom stereocenters. The van der Waals surface area contributed by atoms with Crippen LogP contribution in [0.2, 0.25) is 0 Å². The quantitative estimate of drug-likeness (QED) is 0.823. The molecule has 0 saturated heterocycles. The van der Waals surface area contributed by atoms with Crippen molar-refractivity contribution in [3.05, 3.63) is 29.3 Å². The summed E-state index contributed by atoms with van der Waals surface area (Å²) in [5.74, 6) is 0.334. The van der Waals surface area contributed by atoms with E-state index >= 15 is 0 Å². The summed E-state index contributed by atoms with van der Waals surface area (Å²) in [5, 5.41) is 0. The first-order valence-electron chi connectivity index (χ1n) is 6.78. The second-order valence-electron chi connectivity index (χ2n) is 5.18. The van der Waals surface area contributed by atoms with Crippen LogP contribution in [0.4, 0.5) is 13.2 Å². The molecule has 5 heteroatoms. The maximum Gasteiger partial charge on any atom is 0.416 e. The van der Waals surface area contributed by atoms with Crippen LogP contribution in [0.5, 0.6) is 5.75 Å². The minimum absolute atomic E-state index is 0.0245. The number of hydrogen-bond acceptors (Lipinski definition) is 2. The van der Waals surface area contributed by atoms with Crippen LogP contribution in [0, 0.1) is 6.92 Å². The molecule has 0 spiro atoms.